The van der Waals surface area contributed by atoms with Gasteiger partial charge in [-0.3, -0.25) is 4.79 Å². The summed E-state index contributed by atoms with van der Waals surface area (Å²) in [5.74, 6) is -0.153. The molecule has 3 rings (SSSR count). The van der Waals surface area contributed by atoms with Crippen LogP contribution in [-0.4, -0.2) is 33.7 Å². The quantitative estimate of drug-likeness (QED) is 0.477. The Bertz CT molecular complexity index is 774. The van der Waals surface area contributed by atoms with Crippen molar-refractivity contribution in [3.8, 4) is 0 Å². The molecule has 0 aromatic heterocycles. The van der Waals surface area contributed by atoms with Gasteiger partial charge in [0.2, 0.25) is 5.11 Å². The molecular formula is C19H17N3OS. The van der Waals surface area contributed by atoms with Gasteiger partial charge in [0.05, 0.1) is 6.21 Å². The fraction of sp³-hybridized carbons (Fsp3) is 0.105. The predicted molar refractivity (Wildman–Crippen MR) is 99.6 cm³/mol. The third kappa shape index (κ3) is 3.12. The third-order valence-corrected chi connectivity index (χ3v) is 4.15. The lowest BCUT2D eigenvalue weighted by molar-refractivity contribution is -0.128. The largest absolute Gasteiger partial charge is 0.327 e. The van der Waals surface area contributed by atoms with Crippen molar-refractivity contribution in [3.63, 3.8) is 0 Å². The van der Waals surface area contributed by atoms with E-state index in [1.165, 1.54) is 5.01 Å². The molecule has 2 aromatic carbocycles. The molecule has 0 bridgehead atoms. The molecule has 0 unspecified atom stereocenters. The number of carbonyl (C=O) groups is 1. The number of hydrogen-bond donors (Lipinski definition) is 0. The van der Waals surface area contributed by atoms with E-state index in [4.69, 9.17) is 12.2 Å². The van der Waals surface area contributed by atoms with Crippen LogP contribution in [0.4, 0.5) is 0 Å². The highest BCUT2D eigenvalue weighted by Crippen LogP contribution is 2.31. The highest BCUT2D eigenvalue weighted by molar-refractivity contribution is 7.80. The van der Waals surface area contributed by atoms with Crippen LogP contribution in [0.25, 0.3) is 0 Å². The van der Waals surface area contributed by atoms with Gasteiger partial charge in [0, 0.05) is 6.54 Å². The van der Waals surface area contributed by atoms with Gasteiger partial charge >= 0.3 is 0 Å². The number of rotatable bonds is 5. The normalized spacial score (nSPS) is 17.8. The minimum absolute atomic E-state index is 0.153. The van der Waals surface area contributed by atoms with Gasteiger partial charge in [-0.15, -0.1) is 6.58 Å². The zero-order chi connectivity index (χ0) is 16.9. The second-order valence-corrected chi connectivity index (χ2v) is 5.71. The number of thiocarbonyl (C=S) groups is 1. The summed E-state index contributed by atoms with van der Waals surface area (Å²) in [4.78, 5) is 14.7. The van der Waals surface area contributed by atoms with Gasteiger partial charge in [-0.05, 0) is 23.3 Å². The molecule has 0 saturated carbocycles. The lowest BCUT2D eigenvalue weighted by Gasteiger charge is -2.21. The molecule has 0 radical (unpaired) electrons. The molecule has 1 heterocycles. The van der Waals surface area contributed by atoms with Gasteiger partial charge in [-0.2, -0.15) is 10.1 Å². The maximum atomic E-state index is 12.9. The number of amides is 1. The summed E-state index contributed by atoms with van der Waals surface area (Å²) in [6.07, 6.45) is 3.38. The Kier molecular flexibility index (Phi) is 4.82. The molecule has 1 fully saturated rings. The van der Waals surface area contributed by atoms with E-state index in [0.29, 0.717) is 11.7 Å². The molecule has 1 aliphatic rings. The van der Waals surface area contributed by atoms with Crippen LogP contribution >= 0.6 is 12.2 Å². The minimum atomic E-state index is -0.468. The number of nitrogens with zero attached hydrogens (tertiary/aromatic N) is 3. The molecule has 0 N–H and O–H groups in total. The van der Waals surface area contributed by atoms with Gasteiger partial charge < -0.3 is 4.90 Å². The van der Waals surface area contributed by atoms with Gasteiger partial charge in [-0.1, -0.05) is 66.7 Å². The second-order valence-electron chi connectivity index (χ2n) is 5.34. The first-order valence-corrected chi connectivity index (χ1v) is 8.02. The van der Waals surface area contributed by atoms with Crippen molar-refractivity contribution in [3.05, 3.63) is 84.4 Å². The fourth-order valence-corrected chi connectivity index (χ4v) is 2.94. The third-order valence-electron chi connectivity index (χ3n) is 3.74. The van der Waals surface area contributed by atoms with Crippen LogP contribution in [0.3, 0.4) is 0 Å². The number of benzene rings is 2. The molecule has 1 amide bonds. The number of hydrogen-bond acceptors (Lipinski definition) is 3. The molecule has 0 spiro atoms. The van der Waals surface area contributed by atoms with E-state index in [-0.39, 0.29) is 5.91 Å². The first-order chi connectivity index (χ1) is 11.7. The van der Waals surface area contributed by atoms with Crippen LogP contribution in [0.5, 0.6) is 0 Å². The standard InChI is InChI=1S/C19H17N3OS/c1-2-13-21-17(16-11-7-4-8-12-16)18(23)22(19(21)24)20-14-15-9-5-3-6-10-15/h2-12,14,17H,1,13H2/b20-14-/t17-/m0/s1. The van der Waals surface area contributed by atoms with Crippen LogP contribution in [-0.2, 0) is 4.79 Å². The van der Waals surface area contributed by atoms with Crippen molar-refractivity contribution in [2.24, 2.45) is 5.10 Å². The van der Waals surface area contributed by atoms with Crippen molar-refractivity contribution >= 4 is 29.5 Å². The average Bonchev–Trinajstić information content (AvgIpc) is 2.85. The second kappa shape index (κ2) is 7.19. The average molecular weight is 335 g/mol. The van der Waals surface area contributed by atoms with E-state index >= 15 is 0 Å². The molecule has 1 aliphatic heterocycles. The van der Waals surface area contributed by atoms with Gasteiger partial charge in [0.15, 0.2) is 0 Å². The zero-order valence-corrected chi connectivity index (χ0v) is 13.9. The molecule has 4 nitrogen and oxygen atoms in total. The monoisotopic (exact) mass is 335 g/mol. The topological polar surface area (TPSA) is 35.9 Å². The molecular weight excluding hydrogens is 318 g/mol. The molecule has 1 saturated heterocycles. The summed E-state index contributed by atoms with van der Waals surface area (Å²) >= 11 is 5.47. The number of carbonyl (C=O) groups excluding carboxylic acids is 1. The van der Waals surface area contributed by atoms with Crippen molar-refractivity contribution in [2.75, 3.05) is 6.54 Å². The molecule has 0 aliphatic carbocycles. The SMILES string of the molecule is C=CCN1C(=S)N(/N=C\c2ccccc2)C(=O)[C@@H]1c1ccccc1. The smallest absolute Gasteiger partial charge is 0.276 e. The zero-order valence-electron chi connectivity index (χ0n) is 13.1. The first kappa shape index (κ1) is 16.1. The maximum absolute atomic E-state index is 12.9. The van der Waals surface area contributed by atoms with Crippen molar-refractivity contribution in [1.29, 1.82) is 0 Å². The Morgan fingerprint density at radius 2 is 1.71 bits per heavy atom. The Labute approximate surface area is 146 Å². The van der Waals surface area contributed by atoms with Crippen molar-refractivity contribution in [1.82, 2.24) is 9.91 Å². The van der Waals surface area contributed by atoms with Gasteiger partial charge in [0.1, 0.15) is 6.04 Å². The first-order valence-electron chi connectivity index (χ1n) is 7.62. The molecule has 24 heavy (non-hydrogen) atoms. The summed E-state index contributed by atoms with van der Waals surface area (Å²) < 4.78 is 0. The van der Waals surface area contributed by atoms with Crippen LogP contribution in [0.1, 0.15) is 17.2 Å². The van der Waals surface area contributed by atoms with Crippen molar-refractivity contribution in [2.45, 2.75) is 6.04 Å². The summed E-state index contributed by atoms with van der Waals surface area (Å²) in [6.45, 7) is 4.25. The lowest BCUT2D eigenvalue weighted by atomic mass is 10.1. The number of hydrazone groups is 1. The van der Waals surface area contributed by atoms with E-state index in [1.54, 1.807) is 12.3 Å². The fourth-order valence-electron chi connectivity index (χ4n) is 2.63. The van der Waals surface area contributed by atoms with Crippen LogP contribution in [0.2, 0.25) is 0 Å². The lowest BCUT2D eigenvalue weighted by Crippen LogP contribution is -2.30. The van der Waals surface area contributed by atoms with Gasteiger partial charge in [0.25, 0.3) is 5.91 Å². The van der Waals surface area contributed by atoms with E-state index in [0.717, 1.165) is 11.1 Å². The van der Waals surface area contributed by atoms with Crippen molar-refractivity contribution < 1.29 is 4.79 Å². The summed E-state index contributed by atoms with van der Waals surface area (Å²) in [6, 6.07) is 18.7. The van der Waals surface area contributed by atoms with E-state index < -0.39 is 6.04 Å². The van der Waals surface area contributed by atoms with E-state index in [1.807, 2.05) is 65.6 Å². The highest BCUT2D eigenvalue weighted by atomic mass is 32.1. The minimum Gasteiger partial charge on any atom is -0.327 e. The highest BCUT2D eigenvalue weighted by Gasteiger charge is 2.42. The van der Waals surface area contributed by atoms with Gasteiger partial charge in [-0.25, -0.2) is 0 Å². The Balaban J connectivity index is 1.91. The summed E-state index contributed by atoms with van der Waals surface area (Å²) in [5, 5.41) is 5.99. The maximum Gasteiger partial charge on any atom is 0.276 e. The molecule has 120 valence electrons. The Morgan fingerprint density at radius 1 is 1.08 bits per heavy atom. The van der Waals surface area contributed by atoms with E-state index in [2.05, 4.69) is 11.7 Å². The Hall–Kier alpha value is -2.79. The summed E-state index contributed by atoms with van der Waals surface area (Å²) in [5.41, 5.74) is 1.80. The molecule has 5 heteroatoms. The predicted octanol–water partition coefficient (Wildman–Crippen LogP) is 3.38. The molecule has 1 atom stereocenters. The van der Waals surface area contributed by atoms with Crippen LogP contribution in [0, 0.1) is 0 Å². The molecule has 2 aromatic rings. The van der Waals surface area contributed by atoms with E-state index in [9.17, 15) is 4.79 Å². The summed E-state index contributed by atoms with van der Waals surface area (Å²) in [7, 11) is 0. The van der Waals surface area contributed by atoms with Crippen LogP contribution in [0.15, 0.2) is 78.4 Å². The Morgan fingerprint density at radius 3 is 2.33 bits per heavy atom. The van der Waals surface area contributed by atoms with Crippen LogP contribution < -0.4 is 0 Å².